The van der Waals surface area contributed by atoms with Gasteiger partial charge in [0.2, 0.25) is 0 Å². The largest absolute Gasteiger partial charge is 0.505 e. The minimum Gasteiger partial charge on any atom is -0.505 e. The number of aromatic hydroxyl groups is 1. The van der Waals surface area contributed by atoms with E-state index in [0.717, 1.165) is 9.86 Å². The molecule has 0 fully saturated rings. The van der Waals surface area contributed by atoms with Gasteiger partial charge in [0.1, 0.15) is 5.69 Å². The molecule has 90 valence electrons. The molecule has 18 heavy (non-hydrogen) atoms. The number of phenolic OH excluding ortho intramolecular Hbond substituents is 1. The standard InChI is InChI=1S/C13H7BrFNO2/c14-8-2-3-9-12(6-8)18-16-13(9)7-1-4-10(15)11(17)5-7/h1-6,17H. The molecule has 1 aromatic heterocycles. The molecule has 0 aliphatic carbocycles. The molecule has 0 aliphatic rings. The number of hydrogen-bond acceptors (Lipinski definition) is 3. The molecule has 0 amide bonds. The van der Waals surface area contributed by atoms with Crippen molar-refractivity contribution < 1.29 is 14.0 Å². The summed E-state index contributed by atoms with van der Waals surface area (Å²) < 4.78 is 19.1. The smallest absolute Gasteiger partial charge is 0.168 e. The Kier molecular flexibility index (Phi) is 2.56. The first-order valence-electron chi connectivity index (χ1n) is 5.19. The fourth-order valence-electron chi connectivity index (χ4n) is 1.78. The van der Waals surface area contributed by atoms with Gasteiger partial charge in [-0.1, -0.05) is 21.1 Å². The molecule has 0 aliphatic heterocycles. The van der Waals surface area contributed by atoms with E-state index in [0.29, 0.717) is 16.8 Å². The van der Waals surface area contributed by atoms with E-state index in [1.165, 1.54) is 12.1 Å². The highest BCUT2D eigenvalue weighted by Gasteiger charge is 2.12. The zero-order chi connectivity index (χ0) is 12.7. The average Bonchev–Trinajstić information content (AvgIpc) is 2.75. The Morgan fingerprint density at radius 1 is 1.17 bits per heavy atom. The van der Waals surface area contributed by atoms with Crippen LogP contribution in [0.5, 0.6) is 5.75 Å². The number of phenols is 1. The first-order chi connectivity index (χ1) is 8.65. The van der Waals surface area contributed by atoms with Crippen molar-refractivity contribution in [2.45, 2.75) is 0 Å². The summed E-state index contributed by atoms with van der Waals surface area (Å²) in [5, 5.41) is 14.1. The van der Waals surface area contributed by atoms with Crippen LogP contribution in [0.4, 0.5) is 4.39 Å². The summed E-state index contributed by atoms with van der Waals surface area (Å²) in [4.78, 5) is 0. The van der Waals surface area contributed by atoms with Crippen LogP contribution in [0.15, 0.2) is 45.4 Å². The van der Waals surface area contributed by atoms with E-state index in [4.69, 9.17) is 4.52 Å². The molecule has 3 rings (SSSR count). The number of nitrogens with zero attached hydrogens (tertiary/aromatic N) is 1. The van der Waals surface area contributed by atoms with Crippen molar-refractivity contribution in [2.75, 3.05) is 0 Å². The van der Waals surface area contributed by atoms with Gasteiger partial charge in [0.05, 0.1) is 0 Å². The summed E-state index contributed by atoms with van der Waals surface area (Å²) in [6.07, 6.45) is 0. The van der Waals surface area contributed by atoms with Crippen molar-refractivity contribution in [3.05, 3.63) is 46.7 Å². The zero-order valence-electron chi connectivity index (χ0n) is 9.02. The Morgan fingerprint density at radius 2 is 2.00 bits per heavy atom. The Balaban J connectivity index is 2.22. The normalized spacial score (nSPS) is 11.0. The van der Waals surface area contributed by atoms with Crippen LogP contribution in [-0.4, -0.2) is 10.3 Å². The predicted molar refractivity (Wildman–Crippen MR) is 68.8 cm³/mol. The highest BCUT2D eigenvalue weighted by molar-refractivity contribution is 9.10. The Bertz CT molecular complexity index is 739. The molecule has 1 N–H and O–H groups in total. The van der Waals surface area contributed by atoms with Crippen molar-refractivity contribution in [3.63, 3.8) is 0 Å². The van der Waals surface area contributed by atoms with Crippen LogP contribution in [0.1, 0.15) is 0 Å². The lowest BCUT2D eigenvalue weighted by atomic mass is 10.1. The van der Waals surface area contributed by atoms with Crippen molar-refractivity contribution in [1.82, 2.24) is 5.16 Å². The predicted octanol–water partition coefficient (Wildman–Crippen LogP) is 4.10. The number of aromatic nitrogens is 1. The lowest BCUT2D eigenvalue weighted by Crippen LogP contribution is -1.81. The molecule has 0 unspecified atom stereocenters. The van der Waals surface area contributed by atoms with Crippen LogP contribution in [0.3, 0.4) is 0 Å². The SMILES string of the molecule is Oc1cc(-c2noc3cc(Br)ccc23)ccc1F. The Hall–Kier alpha value is -1.88. The third-order valence-corrected chi connectivity index (χ3v) is 3.15. The van der Waals surface area contributed by atoms with E-state index in [1.807, 2.05) is 12.1 Å². The summed E-state index contributed by atoms with van der Waals surface area (Å²) in [5.74, 6) is -1.06. The molecular weight excluding hydrogens is 301 g/mol. The van der Waals surface area contributed by atoms with E-state index < -0.39 is 11.6 Å². The first kappa shape index (κ1) is 11.2. The summed E-state index contributed by atoms with van der Waals surface area (Å²) >= 11 is 3.34. The summed E-state index contributed by atoms with van der Waals surface area (Å²) in [6.45, 7) is 0. The highest BCUT2D eigenvalue weighted by Crippen LogP contribution is 2.31. The van der Waals surface area contributed by atoms with Gasteiger partial charge in [0.25, 0.3) is 0 Å². The van der Waals surface area contributed by atoms with E-state index in [1.54, 1.807) is 12.1 Å². The van der Waals surface area contributed by atoms with E-state index in [-0.39, 0.29) is 0 Å². The second-order valence-corrected chi connectivity index (χ2v) is 4.75. The zero-order valence-corrected chi connectivity index (χ0v) is 10.6. The molecule has 2 aromatic carbocycles. The quantitative estimate of drug-likeness (QED) is 0.736. The van der Waals surface area contributed by atoms with Crippen LogP contribution in [0.2, 0.25) is 0 Å². The van der Waals surface area contributed by atoms with Gasteiger partial charge in [-0.2, -0.15) is 0 Å². The third kappa shape index (κ3) is 1.76. The molecule has 3 aromatic rings. The van der Waals surface area contributed by atoms with Crippen molar-refractivity contribution >= 4 is 26.9 Å². The van der Waals surface area contributed by atoms with Gasteiger partial charge in [0, 0.05) is 15.4 Å². The maximum absolute atomic E-state index is 13.0. The third-order valence-electron chi connectivity index (χ3n) is 2.65. The van der Waals surface area contributed by atoms with Crippen LogP contribution in [0, 0.1) is 5.82 Å². The number of fused-ring (bicyclic) bond motifs is 1. The van der Waals surface area contributed by atoms with Crippen LogP contribution >= 0.6 is 15.9 Å². The molecule has 0 atom stereocenters. The molecule has 0 saturated heterocycles. The van der Waals surface area contributed by atoms with Gasteiger partial charge in [-0.15, -0.1) is 0 Å². The second-order valence-electron chi connectivity index (χ2n) is 3.84. The summed E-state index contributed by atoms with van der Waals surface area (Å²) in [7, 11) is 0. The molecule has 3 nitrogen and oxygen atoms in total. The number of hydrogen-bond donors (Lipinski definition) is 1. The van der Waals surface area contributed by atoms with Gasteiger partial charge in [0.15, 0.2) is 17.1 Å². The van der Waals surface area contributed by atoms with Gasteiger partial charge in [-0.3, -0.25) is 0 Å². The maximum Gasteiger partial charge on any atom is 0.168 e. The van der Waals surface area contributed by atoms with Crippen molar-refractivity contribution in [2.24, 2.45) is 0 Å². The van der Waals surface area contributed by atoms with Crippen molar-refractivity contribution in [1.29, 1.82) is 0 Å². The molecule has 0 saturated carbocycles. The first-order valence-corrected chi connectivity index (χ1v) is 5.98. The number of rotatable bonds is 1. The topological polar surface area (TPSA) is 46.3 Å². The second kappa shape index (κ2) is 4.10. The lowest BCUT2D eigenvalue weighted by molar-refractivity contribution is 0.432. The van der Waals surface area contributed by atoms with Crippen LogP contribution < -0.4 is 0 Å². The van der Waals surface area contributed by atoms with E-state index in [9.17, 15) is 9.50 Å². The molecule has 0 bridgehead atoms. The van der Waals surface area contributed by atoms with Gasteiger partial charge in [-0.25, -0.2) is 4.39 Å². The minimum absolute atomic E-state index is 0.402. The summed E-state index contributed by atoms with van der Waals surface area (Å²) in [5.41, 5.74) is 1.81. The average molecular weight is 308 g/mol. The van der Waals surface area contributed by atoms with E-state index >= 15 is 0 Å². The number of halogens is 2. The fourth-order valence-corrected chi connectivity index (χ4v) is 2.12. The van der Waals surface area contributed by atoms with Gasteiger partial charge in [-0.05, 0) is 36.4 Å². The summed E-state index contributed by atoms with van der Waals surface area (Å²) in [6, 6.07) is 9.60. The maximum atomic E-state index is 13.0. The minimum atomic E-state index is -0.658. The fraction of sp³-hybridized carbons (Fsp3) is 0. The molecule has 0 radical (unpaired) electrons. The van der Waals surface area contributed by atoms with Gasteiger partial charge < -0.3 is 9.63 Å². The Morgan fingerprint density at radius 3 is 2.78 bits per heavy atom. The lowest BCUT2D eigenvalue weighted by Gasteiger charge is -1.99. The van der Waals surface area contributed by atoms with Gasteiger partial charge >= 0.3 is 0 Å². The van der Waals surface area contributed by atoms with Crippen molar-refractivity contribution in [3.8, 4) is 17.0 Å². The highest BCUT2D eigenvalue weighted by atomic mass is 79.9. The monoisotopic (exact) mass is 307 g/mol. The van der Waals surface area contributed by atoms with Crippen LogP contribution in [-0.2, 0) is 0 Å². The van der Waals surface area contributed by atoms with E-state index in [2.05, 4.69) is 21.1 Å². The molecule has 5 heteroatoms. The molecular formula is C13H7BrFNO2. The molecule has 1 heterocycles. The Labute approximate surface area is 110 Å². The number of benzene rings is 2. The molecule has 0 spiro atoms. The van der Waals surface area contributed by atoms with Crippen LogP contribution in [0.25, 0.3) is 22.2 Å².